The number of hydrogen-bond donors (Lipinski definition) is 2. The Kier molecular flexibility index (Phi) is 6.00. The van der Waals surface area contributed by atoms with Gasteiger partial charge < -0.3 is 19.0 Å². The Morgan fingerprint density at radius 1 is 1.44 bits per heavy atom. The van der Waals surface area contributed by atoms with Gasteiger partial charge in [0.25, 0.3) is 0 Å². The molecule has 0 aliphatic heterocycles. The van der Waals surface area contributed by atoms with Crippen LogP contribution in [0.2, 0.25) is 0 Å². The lowest BCUT2D eigenvalue weighted by atomic mass is 10.2. The van der Waals surface area contributed by atoms with Crippen molar-refractivity contribution in [2.24, 2.45) is 0 Å². The summed E-state index contributed by atoms with van der Waals surface area (Å²) >= 11 is -1.30. The lowest BCUT2D eigenvalue weighted by Gasteiger charge is -2.21. The molecular weight excluding hydrogens is 388 g/mol. The van der Waals surface area contributed by atoms with Crippen molar-refractivity contribution in [3.8, 4) is 6.07 Å². The van der Waals surface area contributed by atoms with Crippen molar-refractivity contribution in [2.45, 2.75) is 19.7 Å². The van der Waals surface area contributed by atoms with Gasteiger partial charge in [-0.15, -0.1) is 11.3 Å². The third kappa shape index (κ3) is 4.60. The topological polar surface area (TPSA) is 125 Å². The van der Waals surface area contributed by atoms with Crippen LogP contribution in [0, 0.1) is 18.3 Å². The number of aliphatic hydroxyl groups excluding tert-OH is 1. The van der Waals surface area contributed by atoms with Crippen LogP contribution in [0.25, 0.3) is 0 Å². The molecule has 0 saturated heterocycles. The van der Waals surface area contributed by atoms with Gasteiger partial charge in [-0.1, -0.05) is 0 Å². The molecule has 0 aliphatic carbocycles. The van der Waals surface area contributed by atoms with Crippen molar-refractivity contribution < 1.29 is 18.3 Å². The molecule has 2 atom stereocenters. The van der Waals surface area contributed by atoms with E-state index in [0.29, 0.717) is 27.9 Å². The fraction of sp³-hybridized carbons (Fsp3) is 0.176. The van der Waals surface area contributed by atoms with E-state index >= 15 is 0 Å². The summed E-state index contributed by atoms with van der Waals surface area (Å²) in [5, 5.41) is 19.6. The second kappa shape index (κ2) is 8.43. The zero-order valence-electron chi connectivity index (χ0n) is 14.2. The molecule has 3 rings (SSSR count). The van der Waals surface area contributed by atoms with Crippen molar-refractivity contribution in [3.63, 3.8) is 0 Å². The van der Waals surface area contributed by atoms with Crippen LogP contribution in [0.3, 0.4) is 0 Å². The Morgan fingerprint density at radius 2 is 2.19 bits per heavy atom. The first-order valence-electron chi connectivity index (χ1n) is 7.79. The lowest BCUT2D eigenvalue weighted by molar-refractivity contribution is 0.160. The summed E-state index contributed by atoms with van der Waals surface area (Å²) in [7, 11) is 0. The van der Waals surface area contributed by atoms with Gasteiger partial charge in [-0.25, -0.2) is 9.71 Å². The van der Waals surface area contributed by atoms with E-state index in [1.54, 1.807) is 43.5 Å². The second-order valence-corrected chi connectivity index (χ2v) is 7.40. The summed E-state index contributed by atoms with van der Waals surface area (Å²) in [6.45, 7) is 2.13. The number of nitrogens with zero attached hydrogens (tertiary/aromatic N) is 3. The molecule has 0 saturated carbocycles. The van der Waals surface area contributed by atoms with E-state index in [0.717, 1.165) is 5.69 Å². The molecular formula is C17H15N4O4S2-. The Balaban J connectivity index is 1.97. The maximum Gasteiger partial charge on any atom is 0.190 e. The molecule has 27 heavy (non-hydrogen) atoms. The standard InChI is InChI=1S/C17H16N4O4S2/c1-11-15(16(22)20-27(23)24)19-17(26-11)21(10-14-3-2-8-25-14)13-6-4-12(9-18)5-7-13/h2-8,16,20,22H,10H2,1H3,(H,23,24)/p-1. The number of furan rings is 1. The predicted molar refractivity (Wildman–Crippen MR) is 99.6 cm³/mol. The largest absolute Gasteiger partial charge is 0.760 e. The fourth-order valence-corrected chi connectivity index (χ4v) is 3.71. The maximum absolute atomic E-state index is 10.8. The van der Waals surface area contributed by atoms with Crippen molar-refractivity contribution >= 4 is 33.4 Å². The van der Waals surface area contributed by atoms with Crippen LogP contribution in [0.15, 0.2) is 47.1 Å². The zero-order chi connectivity index (χ0) is 19.4. The first-order valence-corrected chi connectivity index (χ1v) is 9.68. The smallest absolute Gasteiger partial charge is 0.190 e. The summed E-state index contributed by atoms with van der Waals surface area (Å²) < 4.78 is 29.0. The van der Waals surface area contributed by atoms with Crippen LogP contribution < -0.4 is 9.62 Å². The van der Waals surface area contributed by atoms with Crippen molar-refractivity contribution in [3.05, 3.63) is 64.6 Å². The minimum absolute atomic E-state index is 0.234. The third-order valence-corrected chi connectivity index (χ3v) is 5.15. The van der Waals surface area contributed by atoms with E-state index < -0.39 is 17.5 Å². The highest BCUT2D eigenvalue weighted by Crippen LogP contribution is 2.34. The summed E-state index contributed by atoms with van der Waals surface area (Å²) in [5.74, 6) is 0.702. The molecule has 1 aromatic carbocycles. The van der Waals surface area contributed by atoms with Crippen LogP contribution in [-0.2, 0) is 17.8 Å². The molecule has 3 aromatic rings. The van der Waals surface area contributed by atoms with Crippen molar-refractivity contribution in [1.29, 1.82) is 5.26 Å². The Morgan fingerprint density at radius 3 is 2.78 bits per heavy atom. The van der Waals surface area contributed by atoms with E-state index in [9.17, 15) is 13.9 Å². The molecule has 0 aliphatic rings. The van der Waals surface area contributed by atoms with Gasteiger partial charge >= 0.3 is 0 Å². The van der Waals surface area contributed by atoms with Gasteiger partial charge in [-0.3, -0.25) is 4.21 Å². The molecule has 0 radical (unpaired) electrons. The van der Waals surface area contributed by atoms with Crippen LogP contribution in [-0.4, -0.2) is 18.9 Å². The minimum Gasteiger partial charge on any atom is -0.760 e. The number of nitrogens with one attached hydrogen (secondary N) is 1. The number of aromatic nitrogens is 1. The summed E-state index contributed by atoms with van der Waals surface area (Å²) in [6, 6.07) is 12.7. The van der Waals surface area contributed by atoms with E-state index in [1.165, 1.54) is 11.3 Å². The molecule has 0 amide bonds. The van der Waals surface area contributed by atoms with Crippen LogP contribution >= 0.6 is 11.3 Å². The molecule has 2 aromatic heterocycles. The third-order valence-electron chi connectivity index (χ3n) is 3.72. The van der Waals surface area contributed by atoms with E-state index in [1.807, 2.05) is 15.7 Å². The number of aryl methyl sites for hydroxylation is 1. The average molecular weight is 403 g/mol. The molecule has 2 unspecified atom stereocenters. The van der Waals surface area contributed by atoms with Gasteiger partial charge in [0.05, 0.1) is 24.4 Å². The van der Waals surface area contributed by atoms with E-state index in [4.69, 9.17) is 9.68 Å². The minimum atomic E-state index is -2.62. The average Bonchev–Trinajstić information content (AvgIpc) is 3.28. The van der Waals surface area contributed by atoms with Gasteiger partial charge in [-0.2, -0.15) is 5.26 Å². The Bertz CT molecular complexity index is 964. The lowest BCUT2D eigenvalue weighted by Crippen LogP contribution is -2.24. The second-order valence-electron chi connectivity index (χ2n) is 5.52. The zero-order valence-corrected chi connectivity index (χ0v) is 15.8. The highest BCUT2D eigenvalue weighted by Gasteiger charge is 2.21. The normalized spacial score (nSPS) is 13.1. The number of aliphatic hydroxyl groups is 1. The monoisotopic (exact) mass is 403 g/mol. The highest BCUT2D eigenvalue weighted by atomic mass is 32.2. The highest BCUT2D eigenvalue weighted by molar-refractivity contribution is 7.77. The van der Waals surface area contributed by atoms with Gasteiger partial charge in [0.1, 0.15) is 11.5 Å². The van der Waals surface area contributed by atoms with Crippen molar-refractivity contribution in [2.75, 3.05) is 4.90 Å². The van der Waals surface area contributed by atoms with Gasteiger partial charge in [0, 0.05) is 21.8 Å². The molecule has 2 N–H and O–H groups in total. The molecule has 8 nitrogen and oxygen atoms in total. The van der Waals surface area contributed by atoms with Gasteiger partial charge in [0.2, 0.25) is 0 Å². The number of benzene rings is 1. The fourth-order valence-electron chi connectivity index (χ4n) is 2.45. The SMILES string of the molecule is Cc1sc(N(Cc2ccco2)c2ccc(C#N)cc2)nc1C(O)NS(=O)[O-]. The van der Waals surface area contributed by atoms with Gasteiger partial charge in [0.15, 0.2) is 11.4 Å². The van der Waals surface area contributed by atoms with E-state index in [2.05, 4.69) is 11.1 Å². The molecule has 2 heterocycles. The number of nitriles is 1. The number of thiazole rings is 1. The molecule has 0 bridgehead atoms. The summed E-state index contributed by atoms with van der Waals surface area (Å²) in [4.78, 5) is 6.95. The summed E-state index contributed by atoms with van der Waals surface area (Å²) in [6.07, 6.45) is 0.141. The van der Waals surface area contributed by atoms with Crippen LogP contribution in [0.4, 0.5) is 10.8 Å². The molecule has 140 valence electrons. The Hall–Kier alpha value is -2.55. The summed E-state index contributed by atoms with van der Waals surface area (Å²) in [5.41, 5.74) is 1.54. The first-order chi connectivity index (χ1) is 13.0. The molecule has 0 spiro atoms. The van der Waals surface area contributed by atoms with Crippen LogP contribution in [0.5, 0.6) is 0 Å². The number of rotatable bonds is 7. The van der Waals surface area contributed by atoms with Crippen molar-refractivity contribution in [1.82, 2.24) is 9.71 Å². The van der Waals surface area contributed by atoms with Crippen LogP contribution in [0.1, 0.15) is 28.1 Å². The maximum atomic E-state index is 10.8. The predicted octanol–water partition coefficient (Wildman–Crippen LogP) is 2.63. The number of anilines is 2. The first kappa shape index (κ1) is 19.2. The quantitative estimate of drug-likeness (QED) is 0.459. The molecule has 10 heteroatoms. The number of hydrogen-bond acceptors (Lipinski definition) is 8. The van der Waals surface area contributed by atoms with E-state index in [-0.39, 0.29) is 5.69 Å². The Labute approximate surface area is 162 Å². The van der Waals surface area contributed by atoms with Gasteiger partial charge in [-0.05, 0) is 43.3 Å². The molecule has 0 fully saturated rings.